The molecule has 3 N–H and O–H groups in total. The minimum atomic E-state index is -0.146. The number of thiazole rings is 1. The molecule has 0 aliphatic heterocycles. The van der Waals surface area contributed by atoms with Gasteiger partial charge in [-0.2, -0.15) is 0 Å². The Morgan fingerprint density at radius 1 is 1.43 bits per heavy atom. The lowest BCUT2D eigenvalue weighted by atomic mass is 10.1. The van der Waals surface area contributed by atoms with E-state index in [1.165, 1.54) is 18.3 Å². The van der Waals surface area contributed by atoms with Gasteiger partial charge in [0.25, 0.3) is 6.02 Å². The Morgan fingerprint density at radius 2 is 2.29 bits per heavy atom. The number of nitrogens with one attached hydrogen (secondary N) is 1. The molecule has 0 saturated heterocycles. The van der Waals surface area contributed by atoms with Crippen LogP contribution in [0.5, 0.6) is 0 Å². The Labute approximate surface area is 166 Å². The first-order valence-corrected chi connectivity index (χ1v) is 9.22. The van der Waals surface area contributed by atoms with Gasteiger partial charge in [-0.3, -0.25) is 9.78 Å². The van der Waals surface area contributed by atoms with Gasteiger partial charge in [-0.1, -0.05) is 30.0 Å². The summed E-state index contributed by atoms with van der Waals surface area (Å²) in [4.78, 5) is 23.6. The molecular weight excluding hydrogens is 374 g/mol. The highest BCUT2D eigenvalue weighted by molar-refractivity contribution is 7.22. The number of amides is 1. The van der Waals surface area contributed by atoms with Gasteiger partial charge in [0.15, 0.2) is 5.13 Å². The molecule has 0 aliphatic carbocycles. The Kier molecular flexibility index (Phi) is 6.13. The number of benzene rings is 1. The highest BCUT2D eigenvalue weighted by Gasteiger charge is 2.06. The summed E-state index contributed by atoms with van der Waals surface area (Å²) in [7, 11) is 0. The highest BCUT2D eigenvalue weighted by atomic mass is 32.1. The topological polar surface area (TPSA) is 102 Å². The second-order valence-electron chi connectivity index (χ2n) is 5.84. The molecule has 0 radical (unpaired) electrons. The number of amidine groups is 1. The van der Waals surface area contributed by atoms with E-state index in [4.69, 9.17) is 10.5 Å². The zero-order valence-corrected chi connectivity index (χ0v) is 16.1. The Bertz CT molecular complexity index is 1060. The van der Waals surface area contributed by atoms with Crippen LogP contribution in [0.3, 0.4) is 0 Å². The number of pyridine rings is 1. The second kappa shape index (κ2) is 8.92. The van der Waals surface area contributed by atoms with Crippen LogP contribution in [0, 0.1) is 0 Å². The number of nitrogens with zero attached hydrogens (tertiary/aromatic N) is 3. The minimum absolute atomic E-state index is 0.0609. The fourth-order valence-electron chi connectivity index (χ4n) is 2.30. The smallest absolute Gasteiger partial charge is 0.286 e. The molecule has 3 aromatic rings. The lowest BCUT2D eigenvalue weighted by molar-refractivity contribution is -0.114. The maximum absolute atomic E-state index is 11.2. The van der Waals surface area contributed by atoms with Gasteiger partial charge in [0.05, 0.1) is 10.2 Å². The molecule has 28 heavy (non-hydrogen) atoms. The molecule has 2 aromatic heterocycles. The summed E-state index contributed by atoms with van der Waals surface area (Å²) in [6.45, 7) is 5.80. The van der Waals surface area contributed by atoms with Crippen LogP contribution in [0.1, 0.15) is 18.1 Å². The van der Waals surface area contributed by atoms with Crippen LogP contribution in [0.2, 0.25) is 0 Å². The lowest BCUT2D eigenvalue weighted by Gasteiger charge is -2.03. The van der Waals surface area contributed by atoms with Crippen LogP contribution in [-0.2, 0) is 16.1 Å². The van der Waals surface area contributed by atoms with E-state index >= 15 is 0 Å². The summed E-state index contributed by atoms with van der Waals surface area (Å²) in [5, 5.41) is 3.27. The molecule has 0 atom stereocenters. The van der Waals surface area contributed by atoms with Gasteiger partial charge in [0.1, 0.15) is 6.61 Å². The standard InChI is InChI=1S/C20H19N5O2S/c1-13(7-9-23-19(21)27-12-15-4-3-8-22-11-15)16-5-6-17-18(10-16)28-20(25-17)24-14(2)26/h3-11H,1,12H2,2H3,(H2,21,23)(H,24,25,26)/b9-7-. The second-order valence-corrected chi connectivity index (χ2v) is 6.87. The summed E-state index contributed by atoms with van der Waals surface area (Å²) in [5.41, 5.74) is 9.16. The van der Waals surface area contributed by atoms with Gasteiger partial charge in [-0.25, -0.2) is 9.98 Å². The summed E-state index contributed by atoms with van der Waals surface area (Å²) in [6.07, 6.45) is 6.69. The third kappa shape index (κ3) is 5.24. The molecule has 0 unspecified atom stereocenters. The number of rotatable bonds is 6. The monoisotopic (exact) mass is 393 g/mol. The molecule has 0 fully saturated rings. The van der Waals surface area contributed by atoms with Crippen LogP contribution in [0.15, 0.2) is 66.6 Å². The summed E-state index contributed by atoms with van der Waals surface area (Å²) in [5.74, 6) is -0.146. The van der Waals surface area contributed by atoms with Crippen molar-refractivity contribution in [3.63, 3.8) is 0 Å². The first-order valence-electron chi connectivity index (χ1n) is 8.40. The van der Waals surface area contributed by atoms with Crippen molar-refractivity contribution < 1.29 is 9.53 Å². The Hall–Kier alpha value is -3.52. The number of anilines is 1. The third-order valence-corrected chi connectivity index (χ3v) is 4.56. The average molecular weight is 393 g/mol. The van der Waals surface area contributed by atoms with Gasteiger partial charge in [0.2, 0.25) is 5.91 Å². The first-order chi connectivity index (χ1) is 13.5. The van der Waals surface area contributed by atoms with E-state index in [9.17, 15) is 4.79 Å². The van der Waals surface area contributed by atoms with E-state index < -0.39 is 0 Å². The fraction of sp³-hybridized carbons (Fsp3) is 0.100. The van der Waals surface area contributed by atoms with E-state index in [1.54, 1.807) is 24.7 Å². The average Bonchev–Trinajstić information content (AvgIpc) is 3.07. The number of aliphatic imine (C=N–C) groups is 1. The lowest BCUT2D eigenvalue weighted by Crippen LogP contribution is -2.15. The van der Waals surface area contributed by atoms with Gasteiger partial charge >= 0.3 is 0 Å². The Morgan fingerprint density at radius 3 is 3.04 bits per heavy atom. The van der Waals surface area contributed by atoms with E-state index in [1.807, 2.05) is 30.3 Å². The SMILES string of the molecule is C=C(/C=C\N=C(N)OCc1cccnc1)c1ccc2nc(NC(C)=O)sc2c1. The number of hydrogen-bond donors (Lipinski definition) is 2. The van der Waals surface area contributed by atoms with Crippen LogP contribution in [-0.4, -0.2) is 21.9 Å². The van der Waals surface area contributed by atoms with Crippen molar-refractivity contribution in [3.05, 3.63) is 72.7 Å². The molecule has 1 aromatic carbocycles. The van der Waals surface area contributed by atoms with Crippen LogP contribution in [0.25, 0.3) is 15.8 Å². The largest absolute Gasteiger partial charge is 0.460 e. The number of allylic oxidation sites excluding steroid dienone is 2. The maximum atomic E-state index is 11.2. The number of aromatic nitrogens is 2. The number of fused-ring (bicyclic) bond motifs is 1. The van der Waals surface area contributed by atoms with Crippen molar-refractivity contribution in [2.24, 2.45) is 10.7 Å². The molecule has 142 valence electrons. The van der Waals surface area contributed by atoms with E-state index in [2.05, 4.69) is 26.9 Å². The minimum Gasteiger partial charge on any atom is -0.460 e. The number of hydrogen-bond acceptors (Lipinski definition) is 6. The molecule has 0 saturated carbocycles. The molecule has 7 nitrogen and oxygen atoms in total. The zero-order valence-electron chi connectivity index (χ0n) is 15.3. The van der Waals surface area contributed by atoms with E-state index in [-0.39, 0.29) is 11.9 Å². The number of carbonyl (C=O) groups excluding carboxylic acids is 1. The molecule has 0 aliphatic rings. The molecule has 8 heteroatoms. The van der Waals surface area contributed by atoms with Crippen molar-refractivity contribution in [1.82, 2.24) is 9.97 Å². The van der Waals surface area contributed by atoms with E-state index in [0.717, 1.165) is 26.9 Å². The predicted octanol–water partition coefficient (Wildman–Crippen LogP) is 3.71. The number of ether oxygens (including phenoxy) is 1. The van der Waals surface area contributed by atoms with Crippen LogP contribution < -0.4 is 11.1 Å². The third-order valence-electron chi connectivity index (χ3n) is 3.63. The quantitative estimate of drug-likeness (QED) is 0.378. The molecule has 0 bridgehead atoms. The van der Waals surface area contributed by atoms with Crippen molar-refractivity contribution in [2.75, 3.05) is 5.32 Å². The molecule has 2 heterocycles. The fourth-order valence-corrected chi connectivity index (χ4v) is 3.25. The van der Waals surface area contributed by atoms with Crippen molar-refractivity contribution in [3.8, 4) is 0 Å². The Balaban J connectivity index is 1.62. The van der Waals surface area contributed by atoms with Crippen LogP contribution in [0.4, 0.5) is 5.13 Å². The van der Waals surface area contributed by atoms with Crippen molar-refractivity contribution >= 4 is 44.2 Å². The molecule has 0 spiro atoms. The first kappa shape index (κ1) is 19.2. The van der Waals surface area contributed by atoms with Gasteiger partial charge in [-0.05, 0) is 35.4 Å². The summed E-state index contributed by atoms with van der Waals surface area (Å²) < 4.78 is 6.33. The van der Waals surface area contributed by atoms with Crippen molar-refractivity contribution in [2.45, 2.75) is 13.5 Å². The van der Waals surface area contributed by atoms with Gasteiger partial charge < -0.3 is 15.8 Å². The number of nitrogens with two attached hydrogens (primary N) is 1. The molecule has 1 amide bonds. The van der Waals surface area contributed by atoms with Crippen LogP contribution >= 0.6 is 11.3 Å². The predicted molar refractivity (Wildman–Crippen MR) is 113 cm³/mol. The number of carbonyl (C=O) groups is 1. The molecule has 3 rings (SSSR count). The zero-order chi connectivity index (χ0) is 19.9. The van der Waals surface area contributed by atoms with E-state index in [0.29, 0.717) is 11.7 Å². The summed E-state index contributed by atoms with van der Waals surface area (Å²) >= 11 is 1.41. The maximum Gasteiger partial charge on any atom is 0.286 e. The van der Waals surface area contributed by atoms with Gasteiger partial charge in [0, 0.05) is 31.1 Å². The normalized spacial score (nSPS) is 11.7. The molecular formula is C20H19N5O2S. The van der Waals surface area contributed by atoms with Gasteiger partial charge in [-0.15, -0.1) is 0 Å². The van der Waals surface area contributed by atoms with Crippen molar-refractivity contribution in [1.29, 1.82) is 0 Å². The highest BCUT2D eigenvalue weighted by Crippen LogP contribution is 2.28. The summed E-state index contributed by atoms with van der Waals surface area (Å²) in [6, 6.07) is 9.56.